The third kappa shape index (κ3) is 3.49. The van der Waals surface area contributed by atoms with Gasteiger partial charge in [-0.1, -0.05) is 11.6 Å². The van der Waals surface area contributed by atoms with E-state index in [9.17, 15) is 9.90 Å². The fourth-order valence-electron chi connectivity index (χ4n) is 3.31. The first-order valence-corrected chi connectivity index (χ1v) is 9.87. The van der Waals surface area contributed by atoms with Crippen molar-refractivity contribution in [2.45, 2.75) is 38.3 Å². The molecule has 1 aliphatic carbocycles. The van der Waals surface area contributed by atoms with Gasteiger partial charge in [-0.3, -0.25) is 9.36 Å². The molecule has 0 spiro atoms. The molecular formula is C19H19ClN2O3S. The summed E-state index contributed by atoms with van der Waals surface area (Å²) in [6.45, 7) is 0.244. The molecule has 0 aliphatic heterocycles. The smallest absolute Gasteiger partial charge is 0.262 e. The van der Waals surface area contributed by atoms with E-state index in [0.29, 0.717) is 10.8 Å². The highest BCUT2D eigenvalue weighted by atomic mass is 35.5. The van der Waals surface area contributed by atoms with E-state index in [1.807, 2.05) is 0 Å². The van der Waals surface area contributed by atoms with Gasteiger partial charge < -0.3 is 9.84 Å². The van der Waals surface area contributed by atoms with E-state index in [1.165, 1.54) is 22.2 Å². The highest BCUT2D eigenvalue weighted by Gasteiger charge is 2.20. The quantitative estimate of drug-likeness (QED) is 0.724. The van der Waals surface area contributed by atoms with Gasteiger partial charge >= 0.3 is 0 Å². The number of hydrogen-bond acceptors (Lipinski definition) is 5. The van der Waals surface area contributed by atoms with E-state index < -0.39 is 6.10 Å². The summed E-state index contributed by atoms with van der Waals surface area (Å²) in [6, 6.07) is 6.94. The highest BCUT2D eigenvalue weighted by molar-refractivity contribution is 7.18. The number of aryl methyl sites for hydroxylation is 2. The summed E-state index contributed by atoms with van der Waals surface area (Å²) >= 11 is 7.47. The molecule has 0 radical (unpaired) electrons. The molecule has 0 bridgehead atoms. The van der Waals surface area contributed by atoms with Crippen molar-refractivity contribution >= 4 is 33.2 Å². The van der Waals surface area contributed by atoms with Crippen LogP contribution in [-0.4, -0.2) is 27.4 Å². The number of aromatic nitrogens is 2. The van der Waals surface area contributed by atoms with Gasteiger partial charge in [0, 0.05) is 9.90 Å². The van der Waals surface area contributed by atoms with Crippen molar-refractivity contribution in [1.82, 2.24) is 9.55 Å². The van der Waals surface area contributed by atoms with Crippen molar-refractivity contribution in [1.29, 1.82) is 0 Å². The number of halogens is 1. The van der Waals surface area contributed by atoms with E-state index in [-0.39, 0.29) is 18.7 Å². The minimum Gasteiger partial charge on any atom is -0.491 e. The van der Waals surface area contributed by atoms with Crippen LogP contribution in [0.25, 0.3) is 10.2 Å². The molecule has 1 aromatic carbocycles. The molecule has 5 nitrogen and oxygen atoms in total. The molecule has 4 rings (SSSR count). The Hall–Kier alpha value is -1.89. The van der Waals surface area contributed by atoms with Crippen molar-refractivity contribution < 1.29 is 9.84 Å². The van der Waals surface area contributed by atoms with E-state index in [1.54, 1.807) is 35.6 Å². The zero-order chi connectivity index (χ0) is 18.1. The van der Waals surface area contributed by atoms with Crippen molar-refractivity contribution in [3.8, 4) is 5.75 Å². The molecule has 0 amide bonds. The lowest BCUT2D eigenvalue weighted by molar-refractivity contribution is 0.0915. The van der Waals surface area contributed by atoms with Gasteiger partial charge in [0.15, 0.2) is 0 Å². The number of aliphatic hydroxyl groups excluding tert-OH is 1. The minimum absolute atomic E-state index is 0.0695. The molecule has 0 saturated heterocycles. The average Bonchev–Trinajstić information content (AvgIpc) is 3.03. The Balaban J connectivity index is 1.50. The molecular weight excluding hydrogens is 372 g/mol. The van der Waals surface area contributed by atoms with Gasteiger partial charge in [0.2, 0.25) is 0 Å². The number of aliphatic hydroxyl groups is 1. The summed E-state index contributed by atoms with van der Waals surface area (Å²) in [7, 11) is 0. The van der Waals surface area contributed by atoms with Gasteiger partial charge in [0.05, 0.1) is 18.3 Å². The van der Waals surface area contributed by atoms with E-state index >= 15 is 0 Å². The van der Waals surface area contributed by atoms with Crippen LogP contribution >= 0.6 is 22.9 Å². The van der Waals surface area contributed by atoms with Crippen LogP contribution in [0.5, 0.6) is 5.75 Å². The first-order chi connectivity index (χ1) is 12.6. The number of fused-ring (bicyclic) bond motifs is 3. The number of benzene rings is 1. The maximum Gasteiger partial charge on any atom is 0.262 e. The summed E-state index contributed by atoms with van der Waals surface area (Å²) in [5.74, 6) is 0.626. The Labute approximate surface area is 159 Å². The number of rotatable bonds is 5. The lowest BCUT2D eigenvalue weighted by Crippen LogP contribution is -2.30. The fraction of sp³-hybridized carbons (Fsp3) is 0.368. The van der Waals surface area contributed by atoms with E-state index in [2.05, 4.69) is 4.98 Å². The van der Waals surface area contributed by atoms with Crippen molar-refractivity contribution in [2.24, 2.45) is 0 Å². The van der Waals surface area contributed by atoms with Crippen LogP contribution in [-0.2, 0) is 19.4 Å². The first kappa shape index (κ1) is 17.5. The number of hydrogen-bond donors (Lipinski definition) is 1. The third-order valence-electron chi connectivity index (χ3n) is 4.61. The molecule has 2 heterocycles. The van der Waals surface area contributed by atoms with Crippen LogP contribution < -0.4 is 10.3 Å². The lowest BCUT2D eigenvalue weighted by atomic mass is 9.97. The Morgan fingerprint density at radius 1 is 1.27 bits per heavy atom. The standard InChI is InChI=1S/C19H19ClN2O3S/c20-12-5-7-14(8-6-12)25-10-13(23)9-22-11-21-18-17(19(22)24)15-3-1-2-4-16(15)26-18/h5-8,11,13,23H,1-4,9-10H2/t13-/m0/s1. The minimum atomic E-state index is -0.808. The SMILES string of the molecule is O=c1c2c3c(sc2ncn1C[C@H](O)COc1ccc(Cl)cc1)CCCC3. The number of nitrogens with zero attached hydrogens (tertiary/aromatic N) is 2. The molecule has 26 heavy (non-hydrogen) atoms. The molecule has 0 unspecified atom stereocenters. The predicted molar refractivity (Wildman–Crippen MR) is 103 cm³/mol. The van der Waals surface area contributed by atoms with Gasteiger partial charge in [0.25, 0.3) is 5.56 Å². The molecule has 2 aromatic heterocycles. The first-order valence-electron chi connectivity index (χ1n) is 8.68. The van der Waals surface area contributed by atoms with Gasteiger partial charge in [-0.25, -0.2) is 4.98 Å². The summed E-state index contributed by atoms with van der Waals surface area (Å²) < 4.78 is 7.04. The topological polar surface area (TPSA) is 64.4 Å². The van der Waals surface area contributed by atoms with Crippen molar-refractivity contribution in [3.63, 3.8) is 0 Å². The van der Waals surface area contributed by atoms with Crippen molar-refractivity contribution in [2.75, 3.05) is 6.61 Å². The van der Waals surface area contributed by atoms with Crippen LogP contribution in [0, 0.1) is 0 Å². The molecule has 1 aliphatic rings. The molecule has 1 atom stereocenters. The second kappa shape index (κ2) is 7.39. The Kier molecular flexibility index (Phi) is 4.98. The Morgan fingerprint density at radius 2 is 2.04 bits per heavy atom. The second-order valence-corrected chi connectivity index (χ2v) is 8.03. The number of ether oxygens (including phenoxy) is 1. The zero-order valence-corrected chi connectivity index (χ0v) is 15.7. The van der Waals surface area contributed by atoms with Crippen LogP contribution in [0.2, 0.25) is 5.02 Å². The molecule has 3 aromatic rings. The molecule has 0 saturated carbocycles. The lowest BCUT2D eigenvalue weighted by Gasteiger charge is -2.14. The molecule has 0 fully saturated rings. The van der Waals surface area contributed by atoms with E-state index in [4.69, 9.17) is 16.3 Å². The van der Waals surface area contributed by atoms with E-state index in [0.717, 1.165) is 35.0 Å². The summed E-state index contributed by atoms with van der Waals surface area (Å²) in [5.41, 5.74) is 1.09. The van der Waals surface area contributed by atoms with Gasteiger partial charge in [-0.15, -0.1) is 11.3 Å². The second-order valence-electron chi connectivity index (χ2n) is 6.51. The Bertz CT molecular complexity index is 981. The number of thiophene rings is 1. The fourth-order valence-corrected chi connectivity index (χ4v) is 4.66. The monoisotopic (exact) mass is 390 g/mol. The summed E-state index contributed by atoms with van der Waals surface area (Å²) in [4.78, 5) is 19.4. The molecule has 1 N–H and O–H groups in total. The Morgan fingerprint density at radius 3 is 2.85 bits per heavy atom. The maximum absolute atomic E-state index is 12.9. The molecule has 136 valence electrons. The average molecular weight is 391 g/mol. The van der Waals surface area contributed by atoms with Gasteiger partial charge in [0.1, 0.15) is 23.3 Å². The normalized spacial score (nSPS) is 15.0. The largest absolute Gasteiger partial charge is 0.491 e. The van der Waals surface area contributed by atoms with Crippen molar-refractivity contribution in [3.05, 3.63) is 56.4 Å². The maximum atomic E-state index is 12.9. The summed E-state index contributed by atoms with van der Waals surface area (Å²) in [6.07, 6.45) is 4.99. The van der Waals surface area contributed by atoms with Crippen LogP contribution in [0.15, 0.2) is 35.4 Å². The van der Waals surface area contributed by atoms with Crippen LogP contribution in [0.1, 0.15) is 23.3 Å². The van der Waals surface area contributed by atoms with Crippen LogP contribution in [0.3, 0.4) is 0 Å². The van der Waals surface area contributed by atoms with Crippen LogP contribution in [0.4, 0.5) is 0 Å². The molecule has 7 heteroatoms. The third-order valence-corrected chi connectivity index (χ3v) is 6.06. The predicted octanol–water partition coefficient (Wildman–Crippen LogP) is 3.43. The van der Waals surface area contributed by atoms with Gasteiger partial charge in [-0.2, -0.15) is 0 Å². The van der Waals surface area contributed by atoms with Gasteiger partial charge in [-0.05, 0) is 55.5 Å². The summed E-state index contributed by atoms with van der Waals surface area (Å²) in [5, 5.41) is 11.6. The highest BCUT2D eigenvalue weighted by Crippen LogP contribution is 2.33. The zero-order valence-electron chi connectivity index (χ0n) is 14.2.